The van der Waals surface area contributed by atoms with Crippen LogP contribution in [0.3, 0.4) is 0 Å². The van der Waals surface area contributed by atoms with Crippen LogP contribution in [0.1, 0.15) is 5.56 Å². The Kier molecular flexibility index (Phi) is 4.19. The molecule has 1 fully saturated rings. The molecule has 1 N–H and O–H groups in total. The Morgan fingerprint density at radius 3 is 2.94 bits per heavy atom. The Morgan fingerprint density at radius 1 is 1.56 bits per heavy atom. The van der Waals surface area contributed by atoms with Crippen LogP contribution in [0.4, 0.5) is 8.78 Å². The molecule has 1 atom stereocenters. The van der Waals surface area contributed by atoms with Crippen molar-refractivity contribution in [3.05, 3.63) is 35.4 Å². The molecule has 0 bridgehead atoms. The number of carbonyl (C=O) groups is 1. The highest BCUT2D eigenvalue weighted by atomic mass is 32.2. The molecule has 2 rings (SSSR count). The number of benzene rings is 1. The number of nitrogens with zero attached hydrogens (tertiary/aromatic N) is 1. The normalized spacial score (nSPS) is 18.9. The topological polar surface area (TPSA) is 32.3 Å². The van der Waals surface area contributed by atoms with E-state index in [0.717, 1.165) is 17.7 Å². The predicted molar refractivity (Wildman–Crippen MR) is 67.1 cm³/mol. The van der Waals surface area contributed by atoms with Gasteiger partial charge in [-0.15, -0.1) is 11.8 Å². The molecule has 1 amide bonds. The lowest BCUT2D eigenvalue weighted by Gasteiger charge is -2.21. The molecule has 1 aliphatic rings. The Hall–Kier alpha value is -1.14. The van der Waals surface area contributed by atoms with Gasteiger partial charge in [0.05, 0.1) is 6.04 Å². The summed E-state index contributed by atoms with van der Waals surface area (Å²) >= 11 is 1.66. The van der Waals surface area contributed by atoms with Crippen LogP contribution in [0.2, 0.25) is 0 Å². The van der Waals surface area contributed by atoms with E-state index in [1.54, 1.807) is 18.8 Å². The SMILES string of the molecule is CN(Cc1ccc(F)cc1F)C(=O)C1CSCN1. The van der Waals surface area contributed by atoms with Crippen LogP contribution in [0, 0.1) is 11.6 Å². The lowest BCUT2D eigenvalue weighted by Crippen LogP contribution is -2.42. The molecule has 6 heteroatoms. The number of rotatable bonds is 3. The molecular formula is C12H14F2N2OS. The van der Waals surface area contributed by atoms with Gasteiger partial charge >= 0.3 is 0 Å². The summed E-state index contributed by atoms with van der Waals surface area (Å²) in [6, 6.07) is 3.19. The smallest absolute Gasteiger partial charge is 0.240 e. The van der Waals surface area contributed by atoms with Crippen molar-refractivity contribution >= 4 is 17.7 Å². The first-order valence-electron chi connectivity index (χ1n) is 5.58. The standard InChI is InChI=1S/C12H14F2N2OS/c1-16(12(17)11-6-18-7-15-11)5-8-2-3-9(13)4-10(8)14/h2-4,11,15H,5-7H2,1H3. The number of nitrogens with one attached hydrogen (secondary N) is 1. The van der Waals surface area contributed by atoms with Crippen molar-refractivity contribution in [3.63, 3.8) is 0 Å². The van der Waals surface area contributed by atoms with E-state index >= 15 is 0 Å². The van der Waals surface area contributed by atoms with Gasteiger partial charge in [-0.2, -0.15) is 0 Å². The first-order valence-corrected chi connectivity index (χ1v) is 6.73. The van der Waals surface area contributed by atoms with E-state index < -0.39 is 11.6 Å². The number of likely N-dealkylation sites (N-methyl/N-ethyl adjacent to an activating group) is 1. The van der Waals surface area contributed by atoms with Crippen molar-refractivity contribution in [1.82, 2.24) is 10.2 Å². The van der Waals surface area contributed by atoms with Gasteiger partial charge in [0.1, 0.15) is 11.6 Å². The molecule has 0 radical (unpaired) electrons. The molecule has 18 heavy (non-hydrogen) atoms. The van der Waals surface area contributed by atoms with E-state index in [0.29, 0.717) is 5.56 Å². The summed E-state index contributed by atoms with van der Waals surface area (Å²) in [6.45, 7) is 0.147. The van der Waals surface area contributed by atoms with Crippen molar-refractivity contribution in [2.24, 2.45) is 0 Å². The van der Waals surface area contributed by atoms with Gasteiger partial charge in [0, 0.05) is 36.9 Å². The lowest BCUT2D eigenvalue weighted by molar-refractivity contribution is -0.131. The number of thioether (sulfide) groups is 1. The molecule has 0 aliphatic carbocycles. The highest BCUT2D eigenvalue weighted by Gasteiger charge is 2.25. The second-order valence-electron chi connectivity index (χ2n) is 4.20. The van der Waals surface area contributed by atoms with Gasteiger partial charge in [0.2, 0.25) is 5.91 Å². The third-order valence-corrected chi connectivity index (χ3v) is 3.75. The van der Waals surface area contributed by atoms with Crippen molar-refractivity contribution in [2.75, 3.05) is 18.7 Å². The minimum absolute atomic E-state index is 0.0660. The van der Waals surface area contributed by atoms with Crippen LogP contribution in [0.5, 0.6) is 0 Å². The van der Waals surface area contributed by atoms with Crippen molar-refractivity contribution < 1.29 is 13.6 Å². The molecule has 0 aromatic heterocycles. The van der Waals surface area contributed by atoms with E-state index in [1.807, 2.05) is 0 Å². The van der Waals surface area contributed by atoms with E-state index in [1.165, 1.54) is 17.0 Å². The highest BCUT2D eigenvalue weighted by Crippen LogP contribution is 2.15. The van der Waals surface area contributed by atoms with Crippen LogP contribution in [0.25, 0.3) is 0 Å². The quantitative estimate of drug-likeness (QED) is 0.907. The van der Waals surface area contributed by atoms with Crippen LogP contribution < -0.4 is 5.32 Å². The Bertz CT molecular complexity index is 450. The number of halogens is 2. The summed E-state index contributed by atoms with van der Waals surface area (Å²) in [5.74, 6) is 0.191. The van der Waals surface area contributed by atoms with Crippen LogP contribution in [-0.2, 0) is 11.3 Å². The van der Waals surface area contributed by atoms with Crippen LogP contribution in [0.15, 0.2) is 18.2 Å². The maximum Gasteiger partial charge on any atom is 0.240 e. The molecule has 1 aromatic carbocycles. The summed E-state index contributed by atoms with van der Waals surface area (Å²) in [6.07, 6.45) is 0. The fraction of sp³-hybridized carbons (Fsp3) is 0.417. The summed E-state index contributed by atoms with van der Waals surface area (Å²) in [5.41, 5.74) is 0.318. The third kappa shape index (κ3) is 3.00. The second-order valence-corrected chi connectivity index (χ2v) is 5.23. The molecule has 98 valence electrons. The van der Waals surface area contributed by atoms with Gasteiger partial charge in [-0.3, -0.25) is 10.1 Å². The monoisotopic (exact) mass is 272 g/mol. The fourth-order valence-electron chi connectivity index (χ4n) is 1.80. The van der Waals surface area contributed by atoms with Crippen molar-refractivity contribution in [2.45, 2.75) is 12.6 Å². The van der Waals surface area contributed by atoms with Crippen LogP contribution in [-0.4, -0.2) is 35.5 Å². The largest absolute Gasteiger partial charge is 0.340 e. The first kappa shape index (κ1) is 13.3. The average Bonchev–Trinajstić information content (AvgIpc) is 2.85. The summed E-state index contributed by atoms with van der Waals surface area (Å²) in [5, 5.41) is 3.06. The molecule has 0 saturated carbocycles. The van der Waals surface area contributed by atoms with Crippen molar-refractivity contribution in [3.8, 4) is 0 Å². The molecule has 1 unspecified atom stereocenters. The molecular weight excluding hydrogens is 258 g/mol. The van der Waals surface area contributed by atoms with Gasteiger partial charge < -0.3 is 4.90 Å². The summed E-state index contributed by atoms with van der Waals surface area (Å²) in [7, 11) is 1.62. The summed E-state index contributed by atoms with van der Waals surface area (Å²) in [4.78, 5) is 13.4. The van der Waals surface area contributed by atoms with E-state index in [9.17, 15) is 13.6 Å². The Labute approximate surface area is 109 Å². The van der Waals surface area contributed by atoms with Gasteiger partial charge in [-0.05, 0) is 6.07 Å². The molecule has 1 saturated heterocycles. The Morgan fingerprint density at radius 2 is 2.33 bits per heavy atom. The van der Waals surface area contributed by atoms with E-state index in [4.69, 9.17) is 0 Å². The van der Waals surface area contributed by atoms with E-state index in [2.05, 4.69) is 5.32 Å². The average molecular weight is 272 g/mol. The Balaban J connectivity index is 2.01. The molecule has 1 aromatic rings. The second kappa shape index (κ2) is 5.67. The van der Waals surface area contributed by atoms with Crippen molar-refractivity contribution in [1.29, 1.82) is 0 Å². The van der Waals surface area contributed by atoms with Gasteiger partial charge in [-0.25, -0.2) is 8.78 Å². The predicted octanol–water partition coefficient (Wildman–Crippen LogP) is 1.59. The zero-order chi connectivity index (χ0) is 13.1. The van der Waals surface area contributed by atoms with E-state index in [-0.39, 0.29) is 18.5 Å². The maximum absolute atomic E-state index is 13.5. The minimum Gasteiger partial charge on any atom is -0.340 e. The van der Waals surface area contributed by atoms with Gasteiger partial charge in [0.25, 0.3) is 0 Å². The minimum atomic E-state index is -0.622. The highest BCUT2D eigenvalue weighted by molar-refractivity contribution is 7.99. The molecule has 1 aliphatic heterocycles. The van der Waals surface area contributed by atoms with Crippen LogP contribution >= 0.6 is 11.8 Å². The number of carbonyl (C=O) groups excluding carboxylic acids is 1. The lowest BCUT2D eigenvalue weighted by atomic mass is 10.2. The summed E-state index contributed by atoms with van der Waals surface area (Å²) < 4.78 is 26.2. The van der Waals surface area contributed by atoms with Gasteiger partial charge in [0.15, 0.2) is 0 Å². The maximum atomic E-state index is 13.5. The molecule has 0 spiro atoms. The fourth-order valence-corrected chi connectivity index (χ4v) is 2.74. The van der Waals surface area contributed by atoms with Gasteiger partial charge in [-0.1, -0.05) is 6.07 Å². The molecule has 3 nitrogen and oxygen atoms in total. The molecule has 1 heterocycles. The number of hydrogen-bond acceptors (Lipinski definition) is 3. The first-order chi connectivity index (χ1) is 8.58. The number of amides is 1. The third-order valence-electron chi connectivity index (χ3n) is 2.81. The zero-order valence-corrected chi connectivity index (χ0v) is 10.8. The number of hydrogen-bond donors (Lipinski definition) is 1. The zero-order valence-electron chi connectivity index (χ0n) is 9.95.